The van der Waals surface area contributed by atoms with Crippen LogP contribution in [-0.4, -0.2) is 41.5 Å². The molecule has 2 aliphatic rings. The van der Waals surface area contributed by atoms with Gasteiger partial charge in [-0.25, -0.2) is 0 Å². The normalized spacial score (nSPS) is 24.3. The maximum absolute atomic E-state index is 4.72. The Kier molecular flexibility index (Phi) is 4.63. The highest BCUT2D eigenvalue weighted by molar-refractivity contribution is 8.14. The van der Waals surface area contributed by atoms with E-state index >= 15 is 0 Å². The minimum absolute atomic E-state index is 0.422. The molecule has 20 heavy (non-hydrogen) atoms. The molecule has 0 aromatic heterocycles. The molecule has 1 aromatic rings. The minimum atomic E-state index is 0.422. The number of nitrogens with zero attached hydrogens (tertiary/aromatic N) is 2. The zero-order valence-corrected chi connectivity index (χ0v) is 12.9. The van der Waals surface area contributed by atoms with E-state index in [4.69, 9.17) is 4.99 Å². The molecule has 3 rings (SSSR count). The molecule has 1 N–H and O–H groups in total. The van der Waals surface area contributed by atoms with Crippen molar-refractivity contribution in [3.05, 3.63) is 35.9 Å². The van der Waals surface area contributed by atoms with Crippen LogP contribution in [0, 0.1) is 0 Å². The predicted molar refractivity (Wildman–Crippen MR) is 87.3 cm³/mol. The summed E-state index contributed by atoms with van der Waals surface area (Å²) in [6, 6.07) is 11.9. The van der Waals surface area contributed by atoms with E-state index in [1.54, 1.807) is 0 Å². The van der Waals surface area contributed by atoms with E-state index in [1.165, 1.54) is 18.4 Å². The fraction of sp³-hybridized carbons (Fsp3) is 0.562. The van der Waals surface area contributed by atoms with Gasteiger partial charge in [-0.1, -0.05) is 49.0 Å². The molecule has 3 nitrogen and oxygen atoms in total. The molecule has 1 saturated carbocycles. The lowest BCUT2D eigenvalue weighted by Gasteiger charge is -2.18. The molecule has 108 valence electrons. The minimum Gasteiger partial charge on any atom is -0.357 e. The molecule has 1 unspecified atom stereocenters. The molecule has 2 fully saturated rings. The SMILES string of the molecule is CCN(CCN=C1NC(c2ccccc2)CS1)C1CC1. The summed E-state index contributed by atoms with van der Waals surface area (Å²) in [7, 11) is 0. The summed E-state index contributed by atoms with van der Waals surface area (Å²) in [6.07, 6.45) is 2.76. The van der Waals surface area contributed by atoms with Gasteiger partial charge < -0.3 is 5.32 Å². The first-order valence-corrected chi connectivity index (χ1v) is 8.58. The van der Waals surface area contributed by atoms with Crippen molar-refractivity contribution in [3.63, 3.8) is 0 Å². The Morgan fingerprint density at radius 1 is 1.30 bits per heavy atom. The van der Waals surface area contributed by atoms with Crippen molar-refractivity contribution in [2.75, 3.05) is 25.4 Å². The second kappa shape index (κ2) is 6.64. The molecule has 0 bridgehead atoms. The second-order valence-electron chi connectivity index (χ2n) is 5.47. The monoisotopic (exact) mass is 289 g/mol. The van der Waals surface area contributed by atoms with E-state index in [0.717, 1.165) is 36.6 Å². The van der Waals surface area contributed by atoms with Gasteiger partial charge in [-0.3, -0.25) is 9.89 Å². The molecule has 1 aliphatic heterocycles. The third kappa shape index (κ3) is 3.55. The Balaban J connectivity index is 1.48. The van der Waals surface area contributed by atoms with Crippen LogP contribution in [-0.2, 0) is 0 Å². The third-order valence-corrected chi connectivity index (χ3v) is 5.02. The first kappa shape index (κ1) is 14.0. The highest BCUT2D eigenvalue weighted by atomic mass is 32.2. The van der Waals surface area contributed by atoms with Gasteiger partial charge >= 0.3 is 0 Å². The maximum atomic E-state index is 4.72. The van der Waals surface area contributed by atoms with E-state index in [2.05, 4.69) is 47.5 Å². The number of benzene rings is 1. The number of amidine groups is 1. The summed E-state index contributed by atoms with van der Waals surface area (Å²) in [4.78, 5) is 7.28. The van der Waals surface area contributed by atoms with Gasteiger partial charge in [-0.05, 0) is 24.9 Å². The molecule has 0 amide bonds. The summed E-state index contributed by atoms with van der Waals surface area (Å²) >= 11 is 1.85. The topological polar surface area (TPSA) is 27.6 Å². The van der Waals surface area contributed by atoms with Gasteiger partial charge in [0, 0.05) is 18.3 Å². The third-order valence-electron chi connectivity index (χ3n) is 4.00. The molecule has 1 aromatic carbocycles. The van der Waals surface area contributed by atoms with Gasteiger partial charge in [0.05, 0.1) is 12.6 Å². The van der Waals surface area contributed by atoms with Crippen LogP contribution >= 0.6 is 11.8 Å². The van der Waals surface area contributed by atoms with Crippen molar-refractivity contribution in [3.8, 4) is 0 Å². The van der Waals surface area contributed by atoms with Gasteiger partial charge in [-0.15, -0.1) is 0 Å². The number of nitrogens with one attached hydrogen (secondary N) is 1. The summed E-state index contributed by atoms with van der Waals surface area (Å²) in [5.41, 5.74) is 1.36. The summed E-state index contributed by atoms with van der Waals surface area (Å²) in [6.45, 7) is 5.42. The number of hydrogen-bond donors (Lipinski definition) is 1. The molecule has 1 heterocycles. The van der Waals surface area contributed by atoms with Crippen molar-refractivity contribution >= 4 is 16.9 Å². The smallest absolute Gasteiger partial charge is 0.157 e. The van der Waals surface area contributed by atoms with Gasteiger partial charge in [0.1, 0.15) is 0 Å². The van der Waals surface area contributed by atoms with E-state index in [1.807, 2.05) is 11.8 Å². The first-order valence-electron chi connectivity index (χ1n) is 7.59. The van der Waals surface area contributed by atoms with Gasteiger partial charge in [0.25, 0.3) is 0 Å². The van der Waals surface area contributed by atoms with Crippen LogP contribution < -0.4 is 5.32 Å². The van der Waals surface area contributed by atoms with Gasteiger partial charge in [0.15, 0.2) is 5.17 Å². The lowest BCUT2D eigenvalue weighted by atomic mass is 10.1. The Labute approximate surface area is 125 Å². The molecular weight excluding hydrogens is 266 g/mol. The number of aliphatic imine (C=N–C) groups is 1. The summed E-state index contributed by atoms with van der Waals surface area (Å²) in [5, 5.41) is 4.65. The summed E-state index contributed by atoms with van der Waals surface area (Å²) < 4.78 is 0. The number of likely N-dealkylation sites (N-methyl/N-ethyl adjacent to an activating group) is 1. The zero-order chi connectivity index (χ0) is 13.8. The molecule has 0 spiro atoms. The fourth-order valence-corrected chi connectivity index (χ4v) is 3.68. The Morgan fingerprint density at radius 2 is 2.10 bits per heavy atom. The van der Waals surface area contributed by atoms with Crippen LogP contribution in [0.15, 0.2) is 35.3 Å². The average molecular weight is 289 g/mol. The van der Waals surface area contributed by atoms with Crippen LogP contribution in [0.5, 0.6) is 0 Å². The molecule has 1 saturated heterocycles. The van der Waals surface area contributed by atoms with Crippen LogP contribution in [0.4, 0.5) is 0 Å². The van der Waals surface area contributed by atoms with Crippen LogP contribution in [0.2, 0.25) is 0 Å². The average Bonchev–Trinajstić information content (AvgIpc) is 3.23. The Morgan fingerprint density at radius 3 is 2.80 bits per heavy atom. The van der Waals surface area contributed by atoms with Crippen molar-refractivity contribution in [2.24, 2.45) is 4.99 Å². The highest BCUT2D eigenvalue weighted by Gasteiger charge is 2.27. The second-order valence-corrected chi connectivity index (χ2v) is 6.47. The first-order chi connectivity index (χ1) is 9.86. The van der Waals surface area contributed by atoms with E-state index in [9.17, 15) is 0 Å². The highest BCUT2D eigenvalue weighted by Crippen LogP contribution is 2.27. The molecular formula is C16H23N3S. The molecule has 0 radical (unpaired) electrons. The maximum Gasteiger partial charge on any atom is 0.157 e. The summed E-state index contributed by atoms with van der Waals surface area (Å²) in [5.74, 6) is 1.09. The zero-order valence-electron chi connectivity index (χ0n) is 12.1. The van der Waals surface area contributed by atoms with Crippen molar-refractivity contribution in [2.45, 2.75) is 31.8 Å². The van der Waals surface area contributed by atoms with Gasteiger partial charge in [0.2, 0.25) is 0 Å². The number of hydrogen-bond acceptors (Lipinski definition) is 3. The van der Waals surface area contributed by atoms with E-state index in [0.29, 0.717) is 6.04 Å². The van der Waals surface area contributed by atoms with Crippen LogP contribution in [0.1, 0.15) is 31.4 Å². The molecule has 1 aliphatic carbocycles. The van der Waals surface area contributed by atoms with Crippen molar-refractivity contribution in [1.29, 1.82) is 0 Å². The van der Waals surface area contributed by atoms with E-state index in [-0.39, 0.29) is 0 Å². The van der Waals surface area contributed by atoms with Crippen LogP contribution in [0.25, 0.3) is 0 Å². The molecule has 1 atom stereocenters. The number of thioether (sulfide) groups is 1. The van der Waals surface area contributed by atoms with Crippen LogP contribution in [0.3, 0.4) is 0 Å². The van der Waals surface area contributed by atoms with Gasteiger partial charge in [-0.2, -0.15) is 0 Å². The molecule has 4 heteroatoms. The Bertz CT molecular complexity index is 456. The fourth-order valence-electron chi connectivity index (χ4n) is 2.67. The predicted octanol–water partition coefficient (Wildman–Crippen LogP) is 2.90. The van der Waals surface area contributed by atoms with Crippen molar-refractivity contribution < 1.29 is 0 Å². The lowest BCUT2D eigenvalue weighted by molar-refractivity contribution is 0.286. The number of rotatable bonds is 6. The standard InChI is InChI=1S/C16H23N3S/c1-2-19(14-8-9-14)11-10-17-16-18-15(12-20-16)13-6-4-3-5-7-13/h3-7,14-15H,2,8-12H2,1H3,(H,17,18). The largest absolute Gasteiger partial charge is 0.357 e. The van der Waals surface area contributed by atoms with E-state index < -0.39 is 0 Å². The Hall–Kier alpha value is -1.00. The lowest BCUT2D eigenvalue weighted by Crippen LogP contribution is -2.29. The van der Waals surface area contributed by atoms with Crippen molar-refractivity contribution in [1.82, 2.24) is 10.2 Å². The quantitative estimate of drug-likeness (QED) is 0.872.